The quantitative estimate of drug-likeness (QED) is 0.607. The number of aromatic amines is 1. The van der Waals surface area contributed by atoms with Crippen LogP contribution in [0.2, 0.25) is 0 Å². The molecule has 0 saturated carbocycles. The van der Waals surface area contributed by atoms with E-state index >= 15 is 0 Å². The number of aromatic nitrogens is 4. The molecule has 0 fully saturated rings. The van der Waals surface area contributed by atoms with Gasteiger partial charge in [0.1, 0.15) is 0 Å². The number of fused-ring (bicyclic) bond motifs is 1. The predicted octanol–water partition coefficient (Wildman–Crippen LogP) is 2.72. The van der Waals surface area contributed by atoms with Crippen LogP contribution in [-0.2, 0) is 6.54 Å². The van der Waals surface area contributed by atoms with Gasteiger partial charge in [-0.25, -0.2) is 9.67 Å². The molecule has 0 aliphatic rings. The highest BCUT2D eigenvalue weighted by atomic mass is 16.1. The first-order valence-electron chi connectivity index (χ1n) is 7.62. The molecule has 0 saturated heterocycles. The summed E-state index contributed by atoms with van der Waals surface area (Å²) in [5.74, 6) is 0.453. The minimum atomic E-state index is -0.150. The summed E-state index contributed by atoms with van der Waals surface area (Å²) in [6.07, 6.45) is 3.64. The Labute approximate surface area is 137 Å². The van der Waals surface area contributed by atoms with Crippen LogP contribution < -0.4 is 10.9 Å². The average molecular weight is 317 g/mol. The lowest BCUT2D eigenvalue weighted by Crippen LogP contribution is -2.14. The third-order valence-corrected chi connectivity index (χ3v) is 3.80. The maximum atomic E-state index is 12.1. The minimum Gasteiger partial charge on any atom is -0.352 e. The van der Waals surface area contributed by atoms with Gasteiger partial charge in [0.25, 0.3) is 5.56 Å². The molecule has 118 valence electrons. The summed E-state index contributed by atoms with van der Waals surface area (Å²) in [6, 6.07) is 17.1. The zero-order valence-electron chi connectivity index (χ0n) is 12.8. The predicted molar refractivity (Wildman–Crippen MR) is 93.3 cm³/mol. The van der Waals surface area contributed by atoms with Crippen molar-refractivity contribution in [3.05, 3.63) is 82.9 Å². The third kappa shape index (κ3) is 2.65. The lowest BCUT2D eigenvalue weighted by Gasteiger charge is -2.11. The molecule has 2 heterocycles. The van der Waals surface area contributed by atoms with Crippen molar-refractivity contribution in [3.63, 3.8) is 0 Å². The van der Waals surface area contributed by atoms with E-state index in [4.69, 9.17) is 0 Å². The molecule has 6 nitrogen and oxygen atoms in total. The minimum absolute atomic E-state index is 0.150. The average Bonchev–Trinajstić information content (AvgIpc) is 3.15. The number of rotatable bonds is 4. The van der Waals surface area contributed by atoms with E-state index in [1.54, 1.807) is 12.3 Å². The fraction of sp³-hybridized carbons (Fsp3) is 0.0556. The van der Waals surface area contributed by atoms with Crippen molar-refractivity contribution in [1.29, 1.82) is 0 Å². The molecule has 4 aromatic rings. The topological polar surface area (TPSA) is 75.6 Å². The first kappa shape index (κ1) is 14.2. The number of hydrogen-bond acceptors (Lipinski definition) is 4. The fourth-order valence-corrected chi connectivity index (χ4v) is 2.64. The van der Waals surface area contributed by atoms with E-state index in [1.165, 1.54) is 0 Å². The normalized spacial score (nSPS) is 10.8. The fourth-order valence-electron chi connectivity index (χ4n) is 2.64. The van der Waals surface area contributed by atoms with E-state index in [2.05, 4.69) is 20.4 Å². The highest BCUT2D eigenvalue weighted by Crippen LogP contribution is 2.15. The molecule has 6 heteroatoms. The van der Waals surface area contributed by atoms with E-state index in [0.29, 0.717) is 23.4 Å². The van der Waals surface area contributed by atoms with Gasteiger partial charge in [-0.05, 0) is 29.8 Å². The Morgan fingerprint density at radius 1 is 1.04 bits per heavy atom. The van der Waals surface area contributed by atoms with Gasteiger partial charge in [0.2, 0.25) is 5.95 Å². The van der Waals surface area contributed by atoms with Gasteiger partial charge in [-0.15, -0.1) is 0 Å². The van der Waals surface area contributed by atoms with Crippen LogP contribution in [0.5, 0.6) is 0 Å². The summed E-state index contributed by atoms with van der Waals surface area (Å²) in [5.41, 5.74) is 2.56. The molecule has 0 amide bonds. The first-order chi connectivity index (χ1) is 11.8. The number of hydrogen-bond donors (Lipinski definition) is 2. The van der Waals surface area contributed by atoms with E-state index in [1.807, 2.05) is 59.4 Å². The largest absolute Gasteiger partial charge is 0.352 e. The molecule has 0 radical (unpaired) electrons. The summed E-state index contributed by atoms with van der Waals surface area (Å²) in [4.78, 5) is 19.3. The van der Waals surface area contributed by atoms with Gasteiger partial charge in [0.15, 0.2) is 0 Å². The van der Waals surface area contributed by atoms with Gasteiger partial charge in [0.05, 0.1) is 16.6 Å². The van der Waals surface area contributed by atoms with Crippen molar-refractivity contribution in [2.45, 2.75) is 6.54 Å². The molecule has 0 unspecified atom stereocenters. The van der Waals surface area contributed by atoms with Crippen LogP contribution in [0.15, 0.2) is 71.8 Å². The van der Waals surface area contributed by atoms with Crippen molar-refractivity contribution in [2.75, 3.05) is 5.32 Å². The summed E-state index contributed by atoms with van der Waals surface area (Å²) in [6.45, 7) is 0.525. The Morgan fingerprint density at radius 3 is 2.75 bits per heavy atom. The molecule has 0 atom stereocenters. The Kier molecular flexibility index (Phi) is 3.55. The lowest BCUT2D eigenvalue weighted by atomic mass is 10.2. The maximum Gasteiger partial charge on any atom is 0.260 e. The maximum absolute atomic E-state index is 12.1. The summed E-state index contributed by atoms with van der Waals surface area (Å²) in [7, 11) is 0. The van der Waals surface area contributed by atoms with Gasteiger partial charge in [-0.3, -0.25) is 9.78 Å². The van der Waals surface area contributed by atoms with E-state index < -0.39 is 0 Å². The van der Waals surface area contributed by atoms with Crippen molar-refractivity contribution < 1.29 is 0 Å². The van der Waals surface area contributed by atoms with Gasteiger partial charge in [-0.2, -0.15) is 5.10 Å². The lowest BCUT2D eigenvalue weighted by molar-refractivity contribution is 0.862. The van der Waals surface area contributed by atoms with Gasteiger partial charge in [0, 0.05) is 18.9 Å². The van der Waals surface area contributed by atoms with Gasteiger partial charge < -0.3 is 5.32 Å². The van der Waals surface area contributed by atoms with Crippen molar-refractivity contribution in [1.82, 2.24) is 19.7 Å². The number of nitrogens with one attached hydrogen (secondary N) is 2. The van der Waals surface area contributed by atoms with E-state index in [9.17, 15) is 4.79 Å². The van der Waals surface area contributed by atoms with Crippen LogP contribution in [0.4, 0.5) is 5.95 Å². The van der Waals surface area contributed by atoms with Crippen molar-refractivity contribution in [2.24, 2.45) is 0 Å². The summed E-state index contributed by atoms with van der Waals surface area (Å²) < 4.78 is 1.81. The molecule has 0 spiro atoms. The van der Waals surface area contributed by atoms with Gasteiger partial charge >= 0.3 is 0 Å². The molecule has 0 bridgehead atoms. The smallest absolute Gasteiger partial charge is 0.260 e. The molecule has 0 aliphatic heterocycles. The molecule has 4 rings (SSSR count). The summed E-state index contributed by atoms with van der Waals surface area (Å²) >= 11 is 0. The first-order valence-corrected chi connectivity index (χ1v) is 7.62. The van der Waals surface area contributed by atoms with Crippen LogP contribution in [0.1, 0.15) is 5.56 Å². The highest BCUT2D eigenvalue weighted by molar-refractivity contribution is 5.78. The highest BCUT2D eigenvalue weighted by Gasteiger charge is 2.06. The Hall–Kier alpha value is -3.41. The molecule has 2 N–H and O–H groups in total. The monoisotopic (exact) mass is 317 g/mol. The Balaban J connectivity index is 1.63. The zero-order valence-corrected chi connectivity index (χ0v) is 12.8. The van der Waals surface area contributed by atoms with Crippen molar-refractivity contribution >= 4 is 16.9 Å². The number of benzene rings is 2. The zero-order chi connectivity index (χ0) is 16.4. The second-order valence-electron chi connectivity index (χ2n) is 5.36. The Morgan fingerprint density at radius 2 is 1.88 bits per heavy atom. The number of para-hydroxylation sites is 2. The molecular formula is C18H15N5O. The van der Waals surface area contributed by atoms with E-state index in [-0.39, 0.29) is 5.56 Å². The van der Waals surface area contributed by atoms with Crippen LogP contribution in [0.3, 0.4) is 0 Å². The number of nitrogens with zero attached hydrogens (tertiary/aromatic N) is 3. The van der Waals surface area contributed by atoms with Crippen LogP contribution in [0.25, 0.3) is 16.6 Å². The van der Waals surface area contributed by atoms with Crippen LogP contribution in [0, 0.1) is 0 Å². The molecular weight excluding hydrogens is 302 g/mol. The number of H-pyrrole nitrogens is 1. The van der Waals surface area contributed by atoms with Crippen LogP contribution in [-0.4, -0.2) is 19.7 Å². The van der Waals surface area contributed by atoms with Crippen LogP contribution >= 0.6 is 0 Å². The number of anilines is 1. The standard InChI is InChI=1S/C18H15N5O/c24-17-14-7-2-3-8-15(14)21-18(22-17)19-12-13-6-1-4-9-16(13)23-11-5-10-20-23/h1-11H,12H2,(H2,19,21,22,24). The molecule has 24 heavy (non-hydrogen) atoms. The Bertz CT molecular complexity index is 1040. The summed E-state index contributed by atoms with van der Waals surface area (Å²) in [5, 5.41) is 8.04. The second-order valence-corrected chi connectivity index (χ2v) is 5.36. The van der Waals surface area contributed by atoms with Crippen molar-refractivity contribution in [3.8, 4) is 5.69 Å². The molecule has 2 aromatic heterocycles. The molecule has 2 aromatic carbocycles. The second kappa shape index (κ2) is 6.00. The SMILES string of the molecule is O=c1[nH]c(NCc2ccccc2-n2cccn2)nc2ccccc12. The van der Waals surface area contributed by atoms with E-state index in [0.717, 1.165) is 11.3 Å². The third-order valence-electron chi connectivity index (χ3n) is 3.80. The van der Waals surface area contributed by atoms with Gasteiger partial charge in [-0.1, -0.05) is 30.3 Å². The molecule has 0 aliphatic carbocycles.